The molecule has 3 aromatic rings. The molecule has 0 bridgehead atoms. The number of anilines is 2. The molecule has 0 saturated heterocycles. The molecule has 1 aliphatic rings. The van der Waals surface area contributed by atoms with Crippen molar-refractivity contribution in [1.82, 2.24) is 0 Å². The van der Waals surface area contributed by atoms with Crippen molar-refractivity contribution in [3.63, 3.8) is 0 Å². The Hall–Kier alpha value is -3.38. The Morgan fingerprint density at radius 2 is 1.55 bits per heavy atom. The number of thioether (sulfide) groups is 1. The number of aryl methyl sites for hydroxylation is 2. The number of benzene rings is 3. The van der Waals surface area contributed by atoms with Crippen molar-refractivity contribution in [2.75, 3.05) is 10.2 Å². The molecule has 3 aromatic carbocycles. The van der Waals surface area contributed by atoms with E-state index in [2.05, 4.69) is 12.2 Å². The lowest BCUT2D eigenvalue weighted by molar-refractivity contribution is -0.120. The first-order valence-corrected chi connectivity index (χ1v) is 11.8. The Morgan fingerprint density at radius 3 is 2.18 bits per heavy atom. The molecule has 1 N–H and O–H groups in total. The van der Waals surface area contributed by atoms with Crippen LogP contribution in [0.15, 0.2) is 88.3 Å². The molecule has 1 heterocycles. The second kappa shape index (κ2) is 10.0. The number of halogens is 1. The van der Waals surface area contributed by atoms with Gasteiger partial charge in [-0.1, -0.05) is 54.9 Å². The lowest BCUT2D eigenvalue weighted by atomic mass is 10.1. The summed E-state index contributed by atoms with van der Waals surface area (Å²) in [6, 6.07) is 21.0. The predicted octanol–water partition coefficient (Wildman–Crippen LogP) is 6.47. The number of amides is 2. The van der Waals surface area contributed by atoms with Crippen LogP contribution in [0.4, 0.5) is 15.8 Å². The fourth-order valence-electron chi connectivity index (χ4n) is 3.54. The van der Waals surface area contributed by atoms with Crippen LogP contribution in [-0.2, 0) is 16.0 Å². The number of unbranched alkanes of at least 4 members (excludes halogenated alkanes) is 1. The molecule has 0 aromatic heterocycles. The lowest BCUT2D eigenvalue weighted by Crippen LogP contribution is -2.32. The van der Waals surface area contributed by atoms with Crippen LogP contribution in [0.25, 0.3) is 0 Å². The van der Waals surface area contributed by atoms with Gasteiger partial charge in [0.1, 0.15) is 16.4 Å². The number of nitrogens with one attached hydrogen (secondary N) is 1. The zero-order valence-corrected chi connectivity index (χ0v) is 19.4. The van der Waals surface area contributed by atoms with Crippen LogP contribution in [0.2, 0.25) is 0 Å². The number of hydrogen-bond acceptors (Lipinski definition) is 4. The predicted molar refractivity (Wildman–Crippen MR) is 132 cm³/mol. The highest BCUT2D eigenvalue weighted by Crippen LogP contribution is 2.38. The molecule has 0 aliphatic carbocycles. The van der Waals surface area contributed by atoms with E-state index >= 15 is 0 Å². The van der Waals surface area contributed by atoms with E-state index in [1.807, 2.05) is 55.5 Å². The van der Waals surface area contributed by atoms with Crippen molar-refractivity contribution in [2.24, 2.45) is 0 Å². The number of carbonyl (C=O) groups is 2. The highest BCUT2D eigenvalue weighted by molar-refractivity contribution is 8.04. The van der Waals surface area contributed by atoms with Gasteiger partial charge in [-0.15, -0.1) is 0 Å². The average Bonchev–Trinajstić information content (AvgIpc) is 3.05. The zero-order valence-electron chi connectivity index (χ0n) is 18.6. The summed E-state index contributed by atoms with van der Waals surface area (Å²) < 4.78 is 13.4. The number of hydrogen-bond donors (Lipinski definition) is 1. The minimum absolute atomic E-state index is 0.187. The summed E-state index contributed by atoms with van der Waals surface area (Å²) in [7, 11) is 0. The van der Waals surface area contributed by atoms with Gasteiger partial charge >= 0.3 is 0 Å². The maximum absolute atomic E-state index is 13.4. The minimum Gasteiger partial charge on any atom is -0.350 e. The van der Waals surface area contributed by atoms with Crippen molar-refractivity contribution in [1.29, 1.82) is 0 Å². The van der Waals surface area contributed by atoms with Crippen molar-refractivity contribution in [3.05, 3.63) is 100 Å². The fourth-order valence-corrected chi connectivity index (χ4v) is 4.47. The molecule has 0 fully saturated rings. The van der Waals surface area contributed by atoms with E-state index in [-0.39, 0.29) is 17.4 Å². The Balaban J connectivity index is 1.66. The van der Waals surface area contributed by atoms with Gasteiger partial charge in [0.25, 0.3) is 11.8 Å². The Morgan fingerprint density at radius 1 is 0.879 bits per heavy atom. The van der Waals surface area contributed by atoms with Crippen molar-refractivity contribution in [3.8, 4) is 0 Å². The third kappa shape index (κ3) is 5.17. The molecule has 0 atom stereocenters. The van der Waals surface area contributed by atoms with Crippen LogP contribution in [0.1, 0.15) is 30.9 Å². The molecule has 4 nitrogen and oxygen atoms in total. The summed E-state index contributed by atoms with van der Waals surface area (Å²) in [5.41, 5.74) is 3.53. The molecule has 6 heteroatoms. The number of carbonyl (C=O) groups excluding carboxylic acids is 2. The van der Waals surface area contributed by atoms with Gasteiger partial charge in [-0.2, -0.15) is 0 Å². The van der Waals surface area contributed by atoms with Gasteiger partial charge in [-0.05, 0) is 73.9 Å². The summed E-state index contributed by atoms with van der Waals surface area (Å²) in [5.74, 6) is -1.18. The molecule has 0 spiro atoms. The van der Waals surface area contributed by atoms with Gasteiger partial charge in [0.05, 0.1) is 5.69 Å². The quantitative estimate of drug-likeness (QED) is 0.392. The monoisotopic (exact) mass is 460 g/mol. The first kappa shape index (κ1) is 22.8. The van der Waals surface area contributed by atoms with E-state index in [1.165, 1.54) is 34.4 Å². The molecule has 0 unspecified atom stereocenters. The summed E-state index contributed by atoms with van der Waals surface area (Å²) in [4.78, 5) is 29.2. The Bertz CT molecular complexity index is 1120. The van der Waals surface area contributed by atoms with Gasteiger partial charge in [0, 0.05) is 10.6 Å². The van der Waals surface area contributed by atoms with Gasteiger partial charge in [0.15, 0.2) is 0 Å². The fraction of sp³-hybridized carbons (Fsp3) is 0.185. The molecular formula is C27H25FN2O2S. The van der Waals surface area contributed by atoms with E-state index in [1.54, 1.807) is 12.1 Å². The van der Waals surface area contributed by atoms with E-state index in [0.717, 1.165) is 29.7 Å². The van der Waals surface area contributed by atoms with Gasteiger partial charge in [-0.3, -0.25) is 9.59 Å². The standard InChI is InChI=1S/C27H25FN2O2S/c1-3-4-5-19-8-14-22(15-9-19)30-26(31)24(29-21-12-10-20(28)11-13-21)25(27(30)32)33-23-16-6-18(2)7-17-23/h6-17,29H,3-5H2,1-2H3. The summed E-state index contributed by atoms with van der Waals surface area (Å²) >= 11 is 1.25. The summed E-state index contributed by atoms with van der Waals surface area (Å²) in [6.07, 6.45) is 3.15. The maximum atomic E-state index is 13.4. The molecule has 168 valence electrons. The van der Waals surface area contributed by atoms with Crippen LogP contribution < -0.4 is 10.2 Å². The van der Waals surface area contributed by atoms with Gasteiger partial charge in [-0.25, -0.2) is 9.29 Å². The first-order valence-electron chi connectivity index (χ1n) is 11.0. The molecule has 0 radical (unpaired) electrons. The minimum atomic E-state index is -0.430. The zero-order chi connectivity index (χ0) is 23.4. The largest absolute Gasteiger partial charge is 0.350 e. The second-order valence-corrected chi connectivity index (χ2v) is 9.05. The van der Waals surface area contributed by atoms with Crippen LogP contribution in [0.3, 0.4) is 0 Å². The highest BCUT2D eigenvalue weighted by atomic mass is 32.2. The second-order valence-electron chi connectivity index (χ2n) is 7.97. The van der Waals surface area contributed by atoms with Crippen molar-refractivity contribution >= 4 is 35.0 Å². The molecule has 1 aliphatic heterocycles. The maximum Gasteiger partial charge on any atom is 0.283 e. The van der Waals surface area contributed by atoms with Crippen LogP contribution >= 0.6 is 11.8 Å². The highest BCUT2D eigenvalue weighted by Gasteiger charge is 2.40. The smallest absolute Gasteiger partial charge is 0.283 e. The van der Waals surface area contributed by atoms with Crippen LogP contribution in [-0.4, -0.2) is 11.8 Å². The van der Waals surface area contributed by atoms with Crippen LogP contribution in [0.5, 0.6) is 0 Å². The van der Waals surface area contributed by atoms with Crippen molar-refractivity contribution < 1.29 is 14.0 Å². The van der Waals surface area contributed by atoms with E-state index in [4.69, 9.17) is 0 Å². The molecular weight excluding hydrogens is 435 g/mol. The molecule has 0 saturated carbocycles. The normalized spacial score (nSPS) is 13.7. The lowest BCUT2D eigenvalue weighted by Gasteiger charge is -2.16. The van der Waals surface area contributed by atoms with Gasteiger partial charge < -0.3 is 5.32 Å². The van der Waals surface area contributed by atoms with E-state index < -0.39 is 5.91 Å². The van der Waals surface area contributed by atoms with Crippen LogP contribution in [0, 0.1) is 12.7 Å². The van der Waals surface area contributed by atoms with Gasteiger partial charge in [0.2, 0.25) is 0 Å². The average molecular weight is 461 g/mol. The summed E-state index contributed by atoms with van der Waals surface area (Å²) in [6.45, 7) is 4.13. The SMILES string of the molecule is CCCCc1ccc(N2C(=O)C(Nc3ccc(F)cc3)=C(Sc3ccc(C)cc3)C2=O)cc1. The number of rotatable bonds is 8. The van der Waals surface area contributed by atoms with E-state index in [9.17, 15) is 14.0 Å². The summed E-state index contributed by atoms with van der Waals surface area (Å²) in [5, 5.41) is 3.05. The first-order chi connectivity index (χ1) is 16.0. The molecule has 2 amide bonds. The third-order valence-electron chi connectivity index (χ3n) is 5.41. The number of nitrogens with zero attached hydrogens (tertiary/aromatic N) is 1. The molecule has 4 rings (SSSR count). The Kier molecular flexibility index (Phi) is 6.94. The number of imide groups is 1. The molecule has 33 heavy (non-hydrogen) atoms. The van der Waals surface area contributed by atoms with Crippen molar-refractivity contribution in [2.45, 2.75) is 38.0 Å². The van der Waals surface area contributed by atoms with E-state index in [0.29, 0.717) is 16.3 Å². The third-order valence-corrected chi connectivity index (χ3v) is 6.50. The Labute approximate surface area is 197 Å². The topological polar surface area (TPSA) is 49.4 Å².